The Morgan fingerprint density at radius 1 is 1.08 bits per heavy atom. The molecule has 186 valence electrons. The van der Waals surface area contributed by atoms with Crippen LogP contribution in [-0.2, 0) is 0 Å². The summed E-state index contributed by atoms with van der Waals surface area (Å²) in [6.07, 6.45) is 4.14. The number of halogens is 1. The van der Waals surface area contributed by atoms with Crippen molar-refractivity contribution in [3.63, 3.8) is 0 Å². The van der Waals surface area contributed by atoms with Gasteiger partial charge in [-0.25, -0.2) is 0 Å². The summed E-state index contributed by atoms with van der Waals surface area (Å²) in [6.45, 7) is 6.62. The number of nitrogens with one attached hydrogen (secondary N) is 1. The summed E-state index contributed by atoms with van der Waals surface area (Å²) in [4.78, 5) is 11.2. The molecule has 36 heavy (non-hydrogen) atoms. The topological polar surface area (TPSA) is 34.6 Å². The summed E-state index contributed by atoms with van der Waals surface area (Å²) in [5.74, 6) is 0. The average molecular weight is 518 g/mol. The van der Waals surface area contributed by atoms with Crippen molar-refractivity contribution in [3.05, 3.63) is 88.7 Å². The first-order valence-electron chi connectivity index (χ1n) is 12.1. The molecule has 0 bridgehead atoms. The van der Waals surface area contributed by atoms with Gasteiger partial charge in [-0.2, -0.15) is 0 Å². The highest BCUT2D eigenvalue weighted by atomic mass is 35.5. The number of pyridine rings is 1. The second-order valence-electron chi connectivity index (χ2n) is 10.3. The summed E-state index contributed by atoms with van der Waals surface area (Å²) in [7, 11) is 6.20. The van der Waals surface area contributed by atoms with Crippen molar-refractivity contribution in [3.8, 4) is 0 Å². The summed E-state index contributed by atoms with van der Waals surface area (Å²) in [6, 6.07) is 18.5. The van der Waals surface area contributed by atoms with Crippen molar-refractivity contribution < 1.29 is 0 Å². The summed E-state index contributed by atoms with van der Waals surface area (Å²) in [5.41, 5.74) is 7.59. The number of hydrogen-bond acceptors (Lipinski definition) is 4. The summed E-state index contributed by atoms with van der Waals surface area (Å²) < 4.78 is 0. The SMILES string of the molecule is CC1=CC(C)(C)N(C)c2cc(Cl)c([C@@H]3[C@H](c4ccccn4)NC(=S)N3c3ccc(N(C)C)cc3)cc21. The Labute approximate surface area is 224 Å². The van der Waals surface area contributed by atoms with Crippen LogP contribution >= 0.6 is 23.8 Å². The number of thiocarbonyl (C=S) groups is 1. The van der Waals surface area contributed by atoms with Gasteiger partial charge in [0.15, 0.2) is 5.11 Å². The third-order valence-corrected chi connectivity index (χ3v) is 8.04. The molecule has 3 aromatic rings. The molecule has 2 aliphatic rings. The van der Waals surface area contributed by atoms with Crippen LogP contribution in [0.5, 0.6) is 0 Å². The van der Waals surface area contributed by atoms with E-state index in [1.807, 2.05) is 38.5 Å². The van der Waals surface area contributed by atoms with Gasteiger partial charge in [-0.05, 0) is 92.7 Å². The quantitative estimate of drug-likeness (QED) is 0.392. The number of rotatable bonds is 4. The molecule has 1 aromatic heterocycles. The van der Waals surface area contributed by atoms with Crippen LogP contribution in [0, 0.1) is 0 Å². The van der Waals surface area contributed by atoms with Crippen LogP contribution in [0.25, 0.3) is 5.57 Å². The minimum absolute atomic E-state index is 0.0882. The largest absolute Gasteiger partial charge is 0.378 e. The molecule has 2 aromatic carbocycles. The highest BCUT2D eigenvalue weighted by molar-refractivity contribution is 7.80. The Balaban J connectivity index is 1.68. The van der Waals surface area contributed by atoms with Gasteiger partial charge in [-0.3, -0.25) is 4.98 Å². The average Bonchev–Trinajstić information content (AvgIpc) is 3.19. The molecule has 2 aliphatic heterocycles. The first kappa shape index (κ1) is 24.6. The van der Waals surface area contributed by atoms with Crippen molar-refractivity contribution in [1.82, 2.24) is 10.3 Å². The maximum absolute atomic E-state index is 7.10. The van der Waals surface area contributed by atoms with Crippen molar-refractivity contribution in [1.29, 1.82) is 0 Å². The zero-order valence-electron chi connectivity index (χ0n) is 21.6. The molecule has 2 atom stereocenters. The van der Waals surface area contributed by atoms with Gasteiger partial charge in [-0.15, -0.1) is 0 Å². The van der Waals surface area contributed by atoms with Crippen molar-refractivity contribution in [2.24, 2.45) is 0 Å². The predicted molar refractivity (Wildman–Crippen MR) is 156 cm³/mol. The maximum Gasteiger partial charge on any atom is 0.174 e. The molecule has 0 saturated carbocycles. The van der Waals surface area contributed by atoms with E-state index >= 15 is 0 Å². The molecular weight excluding hydrogens is 486 g/mol. The lowest BCUT2D eigenvalue weighted by Crippen LogP contribution is -2.42. The fourth-order valence-corrected chi connectivity index (χ4v) is 5.89. The molecule has 7 heteroatoms. The number of hydrogen-bond donors (Lipinski definition) is 1. The molecule has 5 rings (SSSR count). The van der Waals surface area contributed by atoms with E-state index in [9.17, 15) is 0 Å². The van der Waals surface area contributed by atoms with E-state index in [1.165, 1.54) is 11.1 Å². The van der Waals surface area contributed by atoms with E-state index in [2.05, 4.69) is 95.3 Å². The summed E-state index contributed by atoms with van der Waals surface area (Å²) in [5, 5.41) is 4.93. The number of benzene rings is 2. The summed E-state index contributed by atoms with van der Waals surface area (Å²) >= 11 is 13.0. The van der Waals surface area contributed by atoms with Crippen molar-refractivity contribution in [2.75, 3.05) is 35.8 Å². The fourth-order valence-electron chi connectivity index (χ4n) is 5.27. The molecule has 5 nitrogen and oxygen atoms in total. The molecule has 0 aliphatic carbocycles. The smallest absolute Gasteiger partial charge is 0.174 e. The first-order chi connectivity index (χ1) is 17.1. The van der Waals surface area contributed by atoms with Gasteiger partial charge in [0.1, 0.15) is 0 Å². The number of nitrogens with zero attached hydrogens (tertiary/aromatic N) is 4. The minimum Gasteiger partial charge on any atom is -0.378 e. The molecule has 1 saturated heterocycles. The number of allylic oxidation sites excluding steroid dienone is 1. The molecule has 1 N–H and O–H groups in total. The molecule has 0 amide bonds. The standard InChI is InChI=1S/C29H32ClN5S/c1-18-17-29(2,3)34(6)25-16-23(30)22(15-21(18)25)27-26(24-9-7-8-14-31-24)32-28(36)35(27)20-12-10-19(11-13-20)33(4)5/h7-17,26-27H,1-6H3,(H,32,36)/t26-,27+/m0/s1. The Bertz CT molecular complexity index is 1330. The van der Waals surface area contributed by atoms with Crippen LogP contribution in [0.3, 0.4) is 0 Å². The van der Waals surface area contributed by atoms with E-state index in [1.54, 1.807) is 0 Å². The highest BCUT2D eigenvalue weighted by Crippen LogP contribution is 2.48. The maximum atomic E-state index is 7.10. The van der Waals surface area contributed by atoms with E-state index in [4.69, 9.17) is 23.8 Å². The molecule has 3 heterocycles. The van der Waals surface area contributed by atoms with Crippen LogP contribution in [0.1, 0.15) is 49.7 Å². The predicted octanol–water partition coefficient (Wildman–Crippen LogP) is 6.61. The molecule has 0 spiro atoms. The second kappa shape index (κ2) is 9.09. The Hall–Kier alpha value is -3.09. The number of anilines is 3. The monoisotopic (exact) mass is 517 g/mol. The lowest BCUT2D eigenvalue weighted by molar-refractivity contribution is 0.567. The second-order valence-corrected chi connectivity index (χ2v) is 11.1. The first-order valence-corrected chi connectivity index (χ1v) is 12.9. The lowest BCUT2D eigenvalue weighted by Gasteiger charge is -2.41. The van der Waals surface area contributed by atoms with Crippen LogP contribution in [0.15, 0.2) is 66.9 Å². The fraction of sp³-hybridized carbons (Fsp3) is 0.310. The van der Waals surface area contributed by atoms with E-state index in [0.717, 1.165) is 33.3 Å². The molecule has 1 fully saturated rings. The van der Waals surface area contributed by atoms with Crippen LogP contribution < -0.4 is 20.0 Å². The number of likely N-dealkylation sites (N-methyl/N-ethyl adjacent to an activating group) is 1. The van der Waals surface area contributed by atoms with Gasteiger partial charge in [0, 0.05) is 55.0 Å². The highest BCUT2D eigenvalue weighted by Gasteiger charge is 2.42. The van der Waals surface area contributed by atoms with E-state index in [0.29, 0.717) is 5.11 Å². The van der Waals surface area contributed by atoms with Crippen LogP contribution in [0.2, 0.25) is 5.02 Å². The van der Waals surface area contributed by atoms with E-state index < -0.39 is 0 Å². The Morgan fingerprint density at radius 3 is 2.44 bits per heavy atom. The van der Waals surface area contributed by atoms with E-state index in [-0.39, 0.29) is 17.6 Å². The van der Waals surface area contributed by atoms with Gasteiger partial charge in [0.25, 0.3) is 0 Å². The minimum atomic E-state index is -0.163. The third kappa shape index (κ3) is 4.12. The Morgan fingerprint density at radius 2 is 1.81 bits per heavy atom. The lowest BCUT2D eigenvalue weighted by atomic mass is 9.86. The van der Waals surface area contributed by atoms with Crippen LogP contribution in [0.4, 0.5) is 17.1 Å². The number of fused-ring (bicyclic) bond motifs is 1. The van der Waals surface area contributed by atoms with Crippen molar-refractivity contribution >= 4 is 51.6 Å². The third-order valence-electron chi connectivity index (χ3n) is 7.40. The van der Waals surface area contributed by atoms with Gasteiger partial charge in [0.05, 0.1) is 23.3 Å². The van der Waals surface area contributed by atoms with Crippen LogP contribution in [-0.4, -0.2) is 36.8 Å². The molecule has 0 unspecified atom stereocenters. The molecular formula is C29H32ClN5S. The van der Waals surface area contributed by atoms with Gasteiger partial charge in [-0.1, -0.05) is 23.7 Å². The van der Waals surface area contributed by atoms with Gasteiger partial charge < -0.3 is 20.0 Å². The van der Waals surface area contributed by atoms with Gasteiger partial charge in [0.2, 0.25) is 0 Å². The molecule has 0 radical (unpaired) electrons. The Kier molecular flexibility index (Phi) is 6.21. The number of aromatic nitrogens is 1. The van der Waals surface area contributed by atoms with Gasteiger partial charge >= 0.3 is 0 Å². The zero-order chi connectivity index (χ0) is 25.8. The van der Waals surface area contributed by atoms with Crippen molar-refractivity contribution in [2.45, 2.75) is 38.4 Å². The zero-order valence-corrected chi connectivity index (χ0v) is 23.2. The normalized spacial score (nSPS) is 20.6.